The Labute approximate surface area is 103 Å². The lowest BCUT2D eigenvalue weighted by Crippen LogP contribution is -2.43. The Hall–Kier alpha value is -0.640. The molecule has 0 heterocycles. The minimum Gasteiger partial charge on any atom is -0.396 e. The highest BCUT2D eigenvalue weighted by Crippen LogP contribution is 2.24. The van der Waals surface area contributed by atoms with Gasteiger partial charge in [-0.3, -0.25) is 0 Å². The Morgan fingerprint density at radius 3 is 2.76 bits per heavy atom. The van der Waals surface area contributed by atoms with Gasteiger partial charge in [-0.15, -0.1) is 0 Å². The molecule has 0 bridgehead atoms. The van der Waals surface area contributed by atoms with E-state index in [4.69, 9.17) is 10.4 Å². The van der Waals surface area contributed by atoms with Crippen LogP contribution in [0.1, 0.15) is 39.0 Å². The second kappa shape index (κ2) is 6.34. The van der Waals surface area contributed by atoms with E-state index in [0.29, 0.717) is 12.8 Å². The fraction of sp³-hybridized carbons (Fsp3) is 0.909. The third-order valence-electron chi connectivity index (χ3n) is 3.26. The quantitative estimate of drug-likeness (QED) is 0.763. The highest BCUT2D eigenvalue weighted by molar-refractivity contribution is 7.90. The molecule has 3 unspecified atom stereocenters. The van der Waals surface area contributed by atoms with Crippen molar-refractivity contribution in [1.82, 2.24) is 4.72 Å². The Balaban J connectivity index is 2.62. The first kappa shape index (κ1) is 14.4. The Morgan fingerprint density at radius 2 is 2.24 bits per heavy atom. The summed E-state index contributed by atoms with van der Waals surface area (Å²) in [6.45, 7) is 1.79. The predicted octanol–water partition coefficient (Wildman–Crippen LogP) is 0.759. The lowest BCUT2D eigenvalue weighted by atomic mass is 9.87. The molecule has 1 aliphatic carbocycles. The number of sulfonamides is 1. The molecule has 0 aromatic carbocycles. The van der Waals surface area contributed by atoms with Gasteiger partial charge in [-0.2, -0.15) is 5.26 Å². The van der Waals surface area contributed by atoms with E-state index in [1.807, 2.05) is 0 Å². The second-order valence-corrected chi connectivity index (χ2v) is 6.50. The van der Waals surface area contributed by atoms with Crippen molar-refractivity contribution in [3.8, 4) is 6.07 Å². The summed E-state index contributed by atoms with van der Waals surface area (Å²) >= 11 is 0. The Morgan fingerprint density at radius 1 is 1.53 bits per heavy atom. The van der Waals surface area contributed by atoms with Crippen LogP contribution in [0.3, 0.4) is 0 Å². The van der Waals surface area contributed by atoms with E-state index in [1.165, 1.54) is 0 Å². The molecule has 0 aromatic heterocycles. The molecule has 0 saturated heterocycles. The molecule has 5 nitrogen and oxygen atoms in total. The van der Waals surface area contributed by atoms with Gasteiger partial charge in [0.25, 0.3) is 0 Å². The van der Waals surface area contributed by atoms with Crippen LogP contribution in [0.4, 0.5) is 0 Å². The molecule has 1 saturated carbocycles. The Bertz CT molecular complexity index is 375. The summed E-state index contributed by atoms with van der Waals surface area (Å²) in [4.78, 5) is 0. The van der Waals surface area contributed by atoms with Gasteiger partial charge in [0.1, 0.15) is 0 Å². The maximum Gasteiger partial charge on any atom is 0.228 e. The van der Waals surface area contributed by atoms with Crippen LogP contribution in [0.15, 0.2) is 0 Å². The SMILES string of the molecule is CCC(C#N)S(=O)(=O)NC1CCCC(CO)C1. The van der Waals surface area contributed by atoms with Crippen LogP contribution in [0.25, 0.3) is 0 Å². The summed E-state index contributed by atoms with van der Waals surface area (Å²) in [5.41, 5.74) is 0. The van der Waals surface area contributed by atoms with E-state index in [0.717, 1.165) is 19.3 Å². The molecule has 98 valence electrons. The first-order valence-corrected chi connectivity index (χ1v) is 7.59. The number of aliphatic hydroxyl groups is 1. The molecule has 0 amide bonds. The normalized spacial score (nSPS) is 27.4. The van der Waals surface area contributed by atoms with Crippen LogP contribution in [-0.2, 0) is 10.0 Å². The standard InChI is InChI=1S/C11H20N2O3S/c1-2-11(7-12)17(15,16)13-10-5-3-4-9(6-10)8-14/h9-11,13-14H,2-6,8H2,1H3. The minimum atomic E-state index is -3.55. The molecule has 0 radical (unpaired) electrons. The number of nitriles is 1. The number of rotatable bonds is 5. The van der Waals surface area contributed by atoms with Gasteiger partial charge in [-0.1, -0.05) is 13.3 Å². The van der Waals surface area contributed by atoms with Crippen LogP contribution in [0.2, 0.25) is 0 Å². The van der Waals surface area contributed by atoms with E-state index >= 15 is 0 Å². The molecule has 17 heavy (non-hydrogen) atoms. The van der Waals surface area contributed by atoms with E-state index in [-0.39, 0.29) is 18.6 Å². The average Bonchev–Trinajstić information content (AvgIpc) is 2.29. The smallest absolute Gasteiger partial charge is 0.228 e. The van der Waals surface area contributed by atoms with Crippen molar-refractivity contribution >= 4 is 10.0 Å². The first-order valence-electron chi connectivity index (χ1n) is 6.05. The number of aliphatic hydroxyl groups excluding tert-OH is 1. The minimum absolute atomic E-state index is 0.105. The van der Waals surface area contributed by atoms with Crippen molar-refractivity contribution in [2.45, 2.75) is 50.3 Å². The van der Waals surface area contributed by atoms with Crippen molar-refractivity contribution in [3.05, 3.63) is 0 Å². The molecule has 6 heteroatoms. The zero-order valence-electron chi connectivity index (χ0n) is 10.1. The van der Waals surface area contributed by atoms with Crippen molar-refractivity contribution in [2.75, 3.05) is 6.61 Å². The number of nitrogens with zero attached hydrogens (tertiary/aromatic N) is 1. The van der Waals surface area contributed by atoms with Gasteiger partial charge in [0, 0.05) is 12.6 Å². The summed E-state index contributed by atoms with van der Waals surface area (Å²) in [7, 11) is -3.55. The van der Waals surface area contributed by atoms with Gasteiger partial charge >= 0.3 is 0 Å². The predicted molar refractivity (Wildman–Crippen MR) is 64.6 cm³/mol. The molecule has 0 aliphatic heterocycles. The highest BCUT2D eigenvalue weighted by atomic mass is 32.2. The van der Waals surface area contributed by atoms with Crippen LogP contribution in [0, 0.1) is 17.2 Å². The molecular formula is C11H20N2O3S. The molecule has 0 aromatic rings. The first-order chi connectivity index (χ1) is 8.03. The summed E-state index contributed by atoms with van der Waals surface area (Å²) in [5, 5.41) is 16.9. The van der Waals surface area contributed by atoms with Crippen LogP contribution < -0.4 is 4.72 Å². The monoisotopic (exact) mass is 260 g/mol. The Kier molecular flexibility index (Phi) is 5.37. The van der Waals surface area contributed by atoms with Gasteiger partial charge in [0.2, 0.25) is 10.0 Å². The summed E-state index contributed by atoms with van der Waals surface area (Å²) < 4.78 is 26.3. The largest absolute Gasteiger partial charge is 0.396 e. The number of hydrogen-bond acceptors (Lipinski definition) is 4. The molecule has 1 fully saturated rings. The van der Waals surface area contributed by atoms with Crippen molar-refractivity contribution in [1.29, 1.82) is 5.26 Å². The maximum atomic E-state index is 11.9. The summed E-state index contributed by atoms with van der Waals surface area (Å²) in [6.07, 6.45) is 3.61. The van der Waals surface area contributed by atoms with E-state index < -0.39 is 15.3 Å². The lowest BCUT2D eigenvalue weighted by Gasteiger charge is -2.28. The van der Waals surface area contributed by atoms with Crippen molar-refractivity contribution < 1.29 is 13.5 Å². The zero-order chi connectivity index (χ0) is 12.9. The van der Waals surface area contributed by atoms with Crippen molar-refractivity contribution in [2.24, 2.45) is 5.92 Å². The molecule has 1 rings (SSSR count). The lowest BCUT2D eigenvalue weighted by molar-refractivity contribution is 0.177. The van der Waals surface area contributed by atoms with E-state index in [1.54, 1.807) is 13.0 Å². The zero-order valence-corrected chi connectivity index (χ0v) is 10.9. The molecule has 0 spiro atoms. The topological polar surface area (TPSA) is 90.2 Å². The maximum absolute atomic E-state index is 11.9. The number of nitrogens with one attached hydrogen (secondary N) is 1. The van der Waals surface area contributed by atoms with Gasteiger partial charge in [0.05, 0.1) is 6.07 Å². The summed E-state index contributed by atoms with van der Waals surface area (Å²) in [5.74, 6) is 0.179. The third-order valence-corrected chi connectivity index (χ3v) is 5.11. The van der Waals surface area contributed by atoms with E-state index in [2.05, 4.69) is 4.72 Å². The highest BCUT2D eigenvalue weighted by Gasteiger charge is 2.29. The van der Waals surface area contributed by atoms with Crippen LogP contribution >= 0.6 is 0 Å². The molecule has 2 N–H and O–H groups in total. The fourth-order valence-electron chi connectivity index (χ4n) is 2.26. The molecule has 3 atom stereocenters. The van der Waals surface area contributed by atoms with Crippen molar-refractivity contribution in [3.63, 3.8) is 0 Å². The van der Waals surface area contributed by atoms with Crippen LogP contribution in [-0.4, -0.2) is 31.4 Å². The average molecular weight is 260 g/mol. The number of hydrogen-bond donors (Lipinski definition) is 2. The van der Waals surface area contributed by atoms with Gasteiger partial charge < -0.3 is 5.11 Å². The molecule has 1 aliphatic rings. The van der Waals surface area contributed by atoms with Gasteiger partial charge in [-0.05, 0) is 31.6 Å². The van der Waals surface area contributed by atoms with Crippen LogP contribution in [0.5, 0.6) is 0 Å². The summed E-state index contributed by atoms with van der Waals surface area (Å²) in [6, 6.07) is 1.68. The third kappa shape index (κ3) is 3.95. The van der Waals surface area contributed by atoms with Gasteiger partial charge in [0.15, 0.2) is 5.25 Å². The van der Waals surface area contributed by atoms with E-state index in [9.17, 15) is 8.42 Å². The molecular weight excluding hydrogens is 240 g/mol. The second-order valence-electron chi connectivity index (χ2n) is 4.60. The fourth-order valence-corrected chi connectivity index (χ4v) is 3.68. The van der Waals surface area contributed by atoms with Gasteiger partial charge in [-0.25, -0.2) is 13.1 Å².